The average Bonchev–Trinajstić information content (AvgIpc) is 3.35. The Bertz CT molecular complexity index is 1510. The van der Waals surface area contributed by atoms with E-state index in [2.05, 4.69) is 20.7 Å². The van der Waals surface area contributed by atoms with Gasteiger partial charge in [0.25, 0.3) is 11.8 Å². The highest BCUT2D eigenvalue weighted by atomic mass is 19.4. The third-order valence-electron chi connectivity index (χ3n) is 8.33. The minimum atomic E-state index is -4.92. The number of halogens is 5. The fourth-order valence-electron chi connectivity index (χ4n) is 5.80. The van der Waals surface area contributed by atoms with E-state index in [4.69, 9.17) is 4.74 Å². The Morgan fingerprint density at radius 3 is 2.29 bits per heavy atom. The summed E-state index contributed by atoms with van der Waals surface area (Å²) in [6, 6.07) is 3.42. The normalized spacial score (nSPS) is 22.0. The first-order chi connectivity index (χ1) is 19.4. The van der Waals surface area contributed by atoms with Crippen LogP contribution < -0.4 is 10.6 Å². The number of methoxy groups -OCH3 is 1. The molecule has 2 heterocycles. The lowest BCUT2D eigenvalue weighted by atomic mass is 9.53. The summed E-state index contributed by atoms with van der Waals surface area (Å²) in [7, 11) is 1.38. The van der Waals surface area contributed by atoms with Crippen LogP contribution >= 0.6 is 0 Å². The molecule has 0 unspecified atom stereocenters. The number of nitrogens with one attached hydrogen (secondary N) is 2. The van der Waals surface area contributed by atoms with Crippen molar-refractivity contribution in [3.05, 3.63) is 64.6 Å². The maximum Gasteiger partial charge on any atom is 0.419 e. The number of hydrogen-bond acceptors (Lipinski definition) is 6. The van der Waals surface area contributed by atoms with Crippen LogP contribution in [0.1, 0.15) is 70.6 Å². The minimum absolute atomic E-state index is 0.0305. The monoisotopic (exact) mass is 579 g/mol. The predicted molar refractivity (Wildman–Crippen MR) is 132 cm³/mol. The second kappa shape index (κ2) is 10.4. The van der Waals surface area contributed by atoms with Gasteiger partial charge >= 0.3 is 12.1 Å². The van der Waals surface area contributed by atoms with E-state index < -0.39 is 47.1 Å². The van der Waals surface area contributed by atoms with Crippen LogP contribution in [0.25, 0.3) is 5.65 Å². The number of carbonyl (C=O) groups excluding carboxylic acids is 3. The van der Waals surface area contributed by atoms with Gasteiger partial charge in [0.2, 0.25) is 0 Å². The van der Waals surface area contributed by atoms with Gasteiger partial charge in [-0.05, 0) is 61.6 Å². The van der Waals surface area contributed by atoms with Crippen LogP contribution in [0.5, 0.6) is 0 Å². The summed E-state index contributed by atoms with van der Waals surface area (Å²) in [6.07, 6.45) is 0.0444. The van der Waals surface area contributed by atoms with E-state index in [9.17, 15) is 36.3 Å². The first-order valence-electron chi connectivity index (χ1n) is 12.9. The largest absolute Gasteiger partial charge is 0.469 e. The smallest absolute Gasteiger partial charge is 0.419 e. The van der Waals surface area contributed by atoms with Gasteiger partial charge in [-0.15, -0.1) is 0 Å². The quantitative estimate of drug-likeness (QED) is 0.321. The summed E-state index contributed by atoms with van der Waals surface area (Å²) in [5.41, 5.74) is -3.12. The SMILES string of the molecule is COC(=O)C12CCC(CNC(=O)c3cc(C(=O)NCc4ccc(F)c(C(F)(F)F)c4)nc4c(F)cnn34)(CC1)CC2. The molecule has 3 aliphatic rings. The van der Waals surface area contributed by atoms with Gasteiger partial charge in [0, 0.05) is 19.2 Å². The average molecular weight is 580 g/mol. The van der Waals surface area contributed by atoms with E-state index in [1.54, 1.807) is 0 Å². The number of hydrogen-bond donors (Lipinski definition) is 2. The molecule has 9 nitrogen and oxygen atoms in total. The standard InChI is InChI=1S/C27H26F5N5O4/c1-41-24(40)26-7-4-25(5-8-26,6-9-26)14-34-23(39)20-11-19(36-21-18(29)13-35-37(20)21)22(38)33-12-15-2-3-17(28)16(10-15)27(30,31)32/h2-3,10-11,13H,4-9,12,14H2,1H3,(H,33,38)(H,34,39). The van der Waals surface area contributed by atoms with Gasteiger partial charge in [-0.1, -0.05) is 6.07 Å². The molecule has 14 heteroatoms. The Morgan fingerprint density at radius 1 is 0.976 bits per heavy atom. The Morgan fingerprint density at radius 2 is 1.66 bits per heavy atom. The molecule has 2 aromatic heterocycles. The Hall–Kier alpha value is -4.10. The molecule has 0 radical (unpaired) electrons. The zero-order valence-corrected chi connectivity index (χ0v) is 21.9. The molecule has 3 aromatic rings. The molecule has 2 amide bonds. The van der Waals surface area contributed by atoms with Crippen molar-refractivity contribution in [3.8, 4) is 0 Å². The maximum absolute atomic E-state index is 14.4. The van der Waals surface area contributed by atoms with Crippen molar-refractivity contribution in [1.82, 2.24) is 25.2 Å². The second-order valence-electron chi connectivity index (χ2n) is 10.7. The van der Waals surface area contributed by atoms with E-state index >= 15 is 0 Å². The van der Waals surface area contributed by atoms with Crippen molar-refractivity contribution < 1.29 is 41.1 Å². The van der Waals surface area contributed by atoms with Crippen LogP contribution in [0, 0.1) is 22.5 Å². The summed E-state index contributed by atoms with van der Waals surface area (Å²) in [6.45, 7) is -0.113. The Kier molecular flexibility index (Phi) is 7.20. The van der Waals surface area contributed by atoms with Gasteiger partial charge in [-0.25, -0.2) is 18.3 Å². The molecule has 6 rings (SSSR count). The molecule has 2 bridgehead atoms. The summed E-state index contributed by atoms with van der Waals surface area (Å²) in [5, 5.41) is 9.06. The van der Waals surface area contributed by atoms with E-state index in [0.717, 1.165) is 42.1 Å². The number of aromatic nitrogens is 3. The summed E-state index contributed by atoms with van der Waals surface area (Å²) >= 11 is 0. The lowest BCUT2D eigenvalue weighted by molar-refractivity contribution is -0.162. The number of benzene rings is 1. The third kappa shape index (κ3) is 5.34. The van der Waals surface area contributed by atoms with Crippen molar-refractivity contribution in [3.63, 3.8) is 0 Å². The van der Waals surface area contributed by atoms with Gasteiger partial charge in [-0.3, -0.25) is 14.4 Å². The highest BCUT2D eigenvalue weighted by Crippen LogP contribution is 2.57. The highest BCUT2D eigenvalue weighted by molar-refractivity contribution is 5.98. The van der Waals surface area contributed by atoms with E-state index in [1.165, 1.54) is 7.11 Å². The molecule has 3 aliphatic carbocycles. The van der Waals surface area contributed by atoms with Crippen molar-refractivity contribution in [2.75, 3.05) is 13.7 Å². The van der Waals surface area contributed by atoms with Gasteiger partial charge in [0.05, 0.1) is 24.3 Å². The molecule has 0 aliphatic heterocycles. The van der Waals surface area contributed by atoms with Crippen LogP contribution in [-0.4, -0.2) is 46.0 Å². The maximum atomic E-state index is 14.4. The molecule has 0 atom stereocenters. The third-order valence-corrected chi connectivity index (χ3v) is 8.33. The zero-order valence-electron chi connectivity index (χ0n) is 21.9. The fourth-order valence-corrected chi connectivity index (χ4v) is 5.80. The van der Waals surface area contributed by atoms with Crippen LogP contribution in [0.4, 0.5) is 22.0 Å². The van der Waals surface area contributed by atoms with Crippen molar-refractivity contribution in [1.29, 1.82) is 0 Å². The van der Waals surface area contributed by atoms with Crippen LogP contribution in [0.3, 0.4) is 0 Å². The second-order valence-corrected chi connectivity index (χ2v) is 10.7. The van der Waals surface area contributed by atoms with Crippen LogP contribution in [0.15, 0.2) is 30.5 Å². The van der Waals surface area contributed by atoms with Crippen LogP contribution in [0.2, 0.25) is 0 Å². The van der Waals surface area contributed by atoms with Gasteiger partial charge in [0.15, 0.2) is 11.5 Å². The molecule has 0 spiro atoms. The highest BCUT2D eigenvalue weighted by Gasteiger charge is 2.53. The van der Waals surface area contributed by atoms with Crippen LogP contribution in [-0.2, 0) is 22.3 Å². The van der Waals surface area contributed by atoms with E-state index in [1.807, 2.05) is 0 Å². The molecule has 2 N–H and O–H groups in total. The lowest BCUT2D eigenvalue weighted by Gasteiger charge is -2.51. The molecule has 41 heavy (non-hydrogen) atoms. The molecule has 3 fully saturated rings. The molecular formula is C27H26F5N5O4. The number of amides is 2. The lowest BCUT2D eigenvalue weighted by Crippen LogP contribution is -2.50. The van der Waals surface area contributed by atoms with E-state index in [0.29, 0.717) is 37.9 Å². The molecular weight excluding hydrogens is 553 g/mol. The summed E-state index contributed by atoms with van der Waals surface area (Å²) < 4.78 is 73.0. The zero-order chi connectivity index (χ0) is 29.6. The number of ether oxygens (including phenoxy) is 1. The number of nitrogens with zero attached hydrogens (tertiary/aromatic N) is 3. The number of alkyl halides is 3. The van der Waals surface area contributed by atoms with Gasteiger partial charge in [-0.2, -0.15) is 18.3 Å². The molecule has 0 saturated heterocycles. The van der Waals surface area contributed by atoms with Gasteiger partial charge in [0.1, 0.15) is 17.2 Å². The van der Waals surface area contributed by atoms with Gasteiger partial charge < -0.3 is 15.4 Å². The Labute approximate surface area is 230 Å². The first kappa shape index (κ1) is 28.4. The number of carbonyl (C=O) groups is 3. The number of rotatable bonds is 7. The van der Waals surface area contributed by atoms with Crippen molar-refractivity contribution >= 4 is 23.4 Å². The summed E-state index contributed by atoms with van der Waals surface area (Å²) in [4.78, 5) is 42.3. The first-order valence-corrected chi connectivity index (χ1v) is 12.9. The van der Waals surface area contributed by atoms with Crippen molar-refractivity contribution in [2.45, 2.75) is 51.2 Å². The summed E-state index contributed by atoms with van der Waals surface area (Å²) in [5.74, 6) is -4.07. The minimum Gasteiger partial charge on any atom is -0.469 e. The predicted octanol–water partition coefficient (Wildman–Crippen LogP) is 4.20. The van der Waals surface area contributed by atoms with Crippen molar-refractivity contribution in [2.24, 2.45) is 10.8 Å². The Balaban J connectivity index is 1.31. The molecule has 3 saturated carbocycles. The van der Waals surface area contributed by atoms with E-state index in [-0.39, 0.29) is 34.0 Å². The molecule has 218 valence electrons. The number of fused-ring (bicyclic) bond motifs is 4. The fraction of sp³-hybridized carbons (Fsp3) is 0.444. The molecule has 1 aromatic carbocycles. The topological polar surface area (TPSA) is 115 Å². The number of esters is 1.